The molecule has 2 aliphatic heterocycles. The van der Waals surface area contributed by atoms with Crippen LogP contribution in [0, 0.1) is 0 Å². The monoisotopic (exact) mass is 366 g/mol. The molecule has 1 atom stereocenters. The van der Waals surface area contributed by atoms with Crippen LogP contribution in [-0.2, 0) is 4.79 Å². The molecule has 0 spiro atoms. The molecule has 2 aliphatic rings. The van der Waals surface area contributed by atoms with Gasteiger partial charge in [0.15, 0.2) is 5.96 Å². The van der Waals surface area contributed by atoms with E-state index in [0.717, 1.165) is 84.2 Å². The Bertz CT molecular complexity index is 455. The molecule has 0 bridgehead atoms. The van der Waals surface area contributed by atoms with Crippen LogP contribution < -0.4 is 5.32 Å². The Morgan fingerprint density at radius 1 is 1.08 bits per heavy atom. The van der Waals surface area contributed by atoms with E-state index in [0.29, 0.717) is 5.91 Å². The zero-order valence-corrected chi connectivity index (χ0v) is 17.2. The number of likely N-dealkylation sites (N-methyl/N-ethyl adjacent to an activating group) is 1. The third-order valence-electron chi connectivity index (χ3n) is 5.55. The Morgan fingerprint density at radius 3 is 2.31 bits per heavy atom. The van der Waals surface area contributed by atoms with E-state index < -0.39 is 0 Å². The average Bonchev–Trinajstić information content (AvgIpc) is 3.21. The van der Waals surface area contributed by atoms with Crippen LogP contribution in [0.2, 0.25) is 0 Å². The van der Waals surface area contributed by atoms with Gasteiger partial charge in [0.25, 0.3) is 0 Å². The predicted molar refractivity (Wildman–Crippen MR) is 108 cm³/mol. The molecule has 150 valence electrons. The Labute approximate surface area is 159 Å². The molecular formula is C19H38N6O. The first kappa shape index (κ1) is 21.0. The quantitative estimate of drug-likeness (QED) is 0.526. The Morgan fingerprint density at radius 2 is 1.73 bits per heavy atom. The van der Waals surface area contributed by atoms with Crippen molar-refractivity contribution in [1.29, 1.82) is 0 Å². The van der Waals surface area contributed by atoms with Gasteiger partial charge in [0.05, 0.1) is 12.6 Å². The highest BCUT2D eigenvalue weighted by Crippen LogP contribution is 2.14. The van der Waals surface area contributed by atoms with Gasteiger partial charge in [-0.2, -0.15) is 0 Å². The number of carbonyl (C=O) groups excluding carboxylic acids is 1. The predicted octanol–water partition coefficient (Wildman–Crippen LogP) is 0.532. The second-order valence-corrected chi connectivity index (χ2v) is 7.36. The number of nitrogens with one attached hydrogen (secondary N) is 1. The van der Waals surface area contributed by atoms with E-state index in [4.69, 9.17) is 4.99 Å². The van der Waals surface area contributed by atoms with Gasteiger partial charge in [0, 0.05) is 52.4 Å². The van der Waals surface area contributed by atoms with Gasteiger partial charge in [-0.15, -0.1) is 0 Å². The number of guanidine groups is 1. The van der Waals surface area contributed by atoms with Crippen LogP contribution in [0.5, 0.6) is 0 Å². The second-order valence-electron chi connectivity index (χ2n) is 7.36. The lowest BCUT2D eigenvalue weighted by molar-refractivity contribution is -0.135. The maximum Gasteiger partial charge on any atom is 0.239 e. The first-order valence-electron chi connectivity index (χ1n) is 10.3. The summed E-state index contributed by atoms with van der Waals surface area (Å²) >= 11 is 0. The highest BCUT2D eigenvalue weighted by atomic mass is 16.2. The molecule has 2 rings (SSSR count). The van der Waals surface area contributed by atoms with Crippen molar-refractivity contribution in [3.63, 3.8) is 0 Å². The zero-order chi connectivity index (χ0) is 18.9. The number of piperazine rings is 1. The van der Waals surface area contributed by atoms with E-state index in [1.807, 2.05) is 4.90 Å². The Balaban J connectivity index is 1.84. The molecule has 1 N–H and O–H groups in total. The van der Waals surface area contributed by atoms with Gasteiger partial charge in [-0.3, -0.25) is 14.7 Å². The molecular weight excluding hydrogens is 328 g/mol. The van der Waals surface area contributed by atoms with Crippen molar-refractivity contribution in [3.8, 4) is 0 Å². The van der Waals surface area contributed by atoms with E-state index in [1.165, 1.54) is 0 Å². The lowest BCUT2D eigenvalue weighted by Crippen LogP contribution is -2.57. The summed E-state index contributed by atoms with van der Waals surface area (Å²) in [6.07, 6.45) is 2.31. The number of carbonyl (C=O) groups is 1. The lowest BCUT2D eigenvalue weighted by Gasteiger charge is -2.39. The first-order valence-corrected chi connectivity index (χ1v) is 10.3. The molecule has 0 saturated carbocycles. The van der Waals surface area contributed by atoms with Crippen molar-refractivity contribution in [2.75, 3.05) is 72.5 Å². The van der Waals surface area contributed by atoms with Crippen molar-refractivity contribution in [2.45, 2.75) is 39.7 Å². The Kier molecular flexibility index (Phi) is 8.65. The average molecular weight is 367 g/mol. The van der Waals surface area contributed by atoms with Crippen molar-refractivity contribution in [3.05, 3.63) is 0 Å². The molecule has 1 amide bonds. The van der Waals surface area contributed by atoms with Crippen LogP contribution in [0.3, 0.4) is 0 Å². The van der Waals surface area contributed by atoms with Gasteiger partial charge >= 0.3 is 0 Å². The number of nitrogens with zero attached hydrogens (tertiary/aromatic N) is 5. The molecule has 0 aliphatic carbocycles. The van der Waals surface area contributed by atoms with Crippen LogP contribution in [0.15, 0.2) is 4.99 Å². The summed E-state index contributed by atoms with van der Waals surface area (Å²) in [5.74, 6) is 1.31. The molecule has 2 fully saturated rings. The van der Waals surface area contributed by atoms with E-state index >= 15 is 0 Å². The van der Waals surface area contributed by atoms with Crippen LogP contribution >= 0.6 is 0 Å². The molecule has 0 aromatic rings. The topological polar surface area (TPSA) is 54.4 Å². The largest absolute Gasteiger partial charge is 0.357 e. The van der Waals surface area contributed by atoms with Crippen LogP contribution in [0.4, 0.5) is 0 Å². The van der Waals surface area contributed by atoms with Crippen molar-refractivity contribution in [2.24, 2.45) is 4.99 Å². The molecule has 1 unspecified atom stereocenters. The van der Waals surface area contributed by atoms with E-state index in [-0.39, 0.29) is 6.04 Å². The van der Waals surface area contributed by atoms with Gasteiger partial charge in [0.2, 0.25) is 5.91 Å². The van der Waals surface area contributed by atoms with E-state index in [9.17, 15) is 4.79 Å². The summed E-state index contributed by atoms with van der Waals surface area (Å²) in [7, 11) is 2.12. The summed E-state index contributed by atoms with van der Waals surface area (Å²) in [5, 5.41) is 3.42. The molecule has 2 saturated heterocycles. The highest BCUT2D eigenvalue weighted by Gasteiger charge is 2.30. The number of hydrogen-bond donors (Lipinski definition) is 1. The summed E-state index contributed by atoms with van der Waals surface area (Å²) in [6, 6.07) is -0.00650. The fourth-order valence-corrected chi connectivity index (χ4v) is 3.59. The fraction of sp³-hybridized carbons (Fsp3) is 0.895. The van der Waals surface area contributed by atoms with Crippen LogP contribution in [0.1, 0.15) is 33.6 Å². The van der Waals surface area contributed by atoms with Crippen molar-refractivity contribution in [1.82, 2.24) is 24.9 Å². The number of aliphatic imine (C=N–C) groups is 1. The number of hydrogen-bond acceptors (Lipinski definition) is 4. The van der Waals surface area contributed by atoms with Crippen LogP contribution in [-0.4, -0.2) is 110 Å². The second kappa shape index (κ2) is 10.7. The minimum atomic E-state index is -0.00650. The van der Waals surface area contributed by atoms with Gasteiger partial charge in [0.1, 0.15) is 0 Å². The standard InChI is InChI=1S/C19H38N6O/c1-5-20-19(21-9-12-22(4)6-2)25-15-13-23(14-16-25)17(3)18(26)24-10-7-8-11-24/h17H,5-16H2,1-4H3,(H,20,21). The molecule has 2 heterocycles. The first-order chi connectivity index (χ1) is 12.6. The zero-order valence-electron chi connectivity index (χ0n) is 17.2. The Hall–Kier alpha value is -1.34. The molecule has 26 heavy (non-hydrogen) atoms. The van der Waals surface area contributed by atoms with Crippen LogP contribution in [0.25, 0.3) is 0 Å². The van der Waals surface area contributed by atoms with E-state index in [1.54, 1.807) is 0 Å². The molecule has 0 radical (unpaired) electrons. The number of rotatable bonds is 7. The molecule has 0 aromatic heterocycles. The molecule has 7 nitrogen and oxygen atoms in total. The fourth-order valence-electron chi connectivity index (χ4n) is 3.59. The molecule has 0 aromatic carbocycles. The van der Waals surface area contributed by atoms with Crippen molar-refractivity contribution >= 4 is 11.9 Å². The van der Waals surface area contributed by atoms with E-state index in [2.05, 4.69) is 47.8 Å². The third-order valence-corrected chi connectivity index (χ3v) is 5.55. The lowest BCUT2D eigenvalue weighted by atomic mass is 10.2. The summed E-state index contributed by atoms with van der Waals surface area (Å²) in [4.78, 5) is 26.4. The van der Waals surface area contributed by atoms with Gasteiger partial charge in [-0.1, -0.05) is 6.92 Å². The summed E-state index contributed by atoms with van der Waals surface area (Å²) < 4.78 is 0. The third kappa shape index (κ3) is 5.84. The smallest absolute Gasteiger partial charge is 0.239 e. The maximum absolute atomic E-state index is 12.6. The highest BCUT2D eigenvalue weighted by molar-refractivity contribution is 5.82. The van der Waals surface area contributed by atoms with Gasteiger partial charge < -0.3 is 20.0 Å². The maximum atomic E-state index is 12.6. The SMILES string of the molecule is CCNC(=NCCN(C)CC)N1CCN(C(C)C(=O)N2CCCC2)CC1. The molecule has 7 heteroatoms. The normalized spacial score (nSPS) is 20.7. The summed E-state index contributed by atoms with van der Waals surface area (Å²) in [5.41, 5.74) is 0. The number of likely N-dealkylation sites (tertiary alicyclic amines) is 1. The minimum absolute atomic E-state index is 0.00650. The minimum Gasteiger partial charge on any atom is -0.357 e. The van der Waals surface area contributed by atoms with Gasteiger partial charge in [-0.25, -0.2) is 0 Å². The van der Waals surface area contributed by atoms with Crippen molar-refractivity contribution < 1.29 is 4.79 Å². The number of amides is 1. The van der Waals surface area contributed by atoms with Gasteiger partial charge in [-0.05, 0) is 40.3 Å². The summed E-state index contributed by atoms with van der Waals surface area (Å²) in [6.45, 7) is 15.6.